The Morgan fingerprint density at radius 2 is 2.00 bits per heavy atom. The maximum atomic E-state index is 12.8. The molecule has 2 amide bonds. The molecule has 0 bridgehead atoms. The molecule has 1 unspecified atom stereocenters. The van der Waals surface area contributed by atoms with Crippen LogP contribution in [0.25, 0.3) is 0 Å². The number of para-hydroxylation sites is 1. The minimum Gasteiger partial charge on any atom is -0.462 e. The van der Waals surface area contributed by atoms with Gasteiger partial charge in [0.1, 0.15) is 5.69 Å². The molecule has 3 rings (SSSR count). The van der Waals surface area contributed by atoms with Crippen LogP contribution in [0.4, 0.5) is 5.69 Å². The van der Waals surface area contributed by atoms with Crippen LogP contribution in [-0.2, 0) is 16.1 Å². The fourth-order valence-corrected chi connectivity index (χ4v) is 3.75. The van der Waals surface area contributed by atoms with Gasteiger partial charge in [-0.1, -0.05) is 18.2 Å². The number of primary amides is 1. The van der Waals surface area contributed by atoms with Gasteiger partial charge in [-0.2, -0.15) is 0 Å². The zero-order valence-electron chi connectivity index (χ0n) is 17.9. The van der Waals surface area contributed by atoms with Crippen molar-refractivity contribution in [3.63, 3.8) is 0 Å². The summed E-state index contributed by atoms with van der Waals surface area (Å²) in [5.74, 6) is -1.22. The number of rotatable bonds is 7. The standard InChI is InChI=1S/C23H28N4O4/c1-3-31-23(30)18-10-11-20(25-15(18)2)22(29)26-19-9-5-4-7-16(19)13-27-12-6-8-17(14-27)21(24)28/h4-5,7,9-11,17H,3,6,8,12-14H2,1-2H3,(H2,24,28)(H,26,29). The van der Waals surface area contributed by atoms with Crippen LogP contribution in [0, 0.1) is 12.8 Å². The average molecular weight is 425 g/mol. The summed E-state index contributed by atoms with van der Waals surface area (Å²) in [7, 11) is 0. The summed E-state index contributed by atoms with van der Waals surface area (Å²) in [6.07, 6.45) is 1.73. The van der Waals surface area contributed by atoms with Gasteiger partial charge in [-0.25, -0.2) is 9.78 Å². The SMILES string of the molecule is CCOC(=O)c1ccc(C(=O)Nc2ccccc2CN2CCCC(C(N)=O)C2)nc1C. The molecule has 1 aromatic heterocycles. The minimum atomic E-state index is -0.458. The number of pyridine rings is 1. The summed E-state index contributed by atoms with van der Waals surface area (Å²) in [5, 5.41) is 2.92. The molecule has 2 aromatic rings. The number of benzene rings is 1. The van der Waals surface area contributed by atoms with Gasteiger partial charge in [0, 0.05) is 18.8 Å². The zero-order chi connectivity index (χ0) is 22.4. The number of hydrogen-bond donors (Lipinski definition) is 2. The number of nitrogens with zero attached hydrogens (tertiary/aromatic N) is 2. The molecule has 2 heterocycles. The number of nitrogens with one attached hydrogen (secondary N) is 1. The van der Waals surface area contributed by atoms with Crippen LogP contribution >= 0.6 is 0 Å². The third kappa shape index (κ3) is 5.67. The van der Waals surface area contributed by atoms with Crippen LogP contribution < -0.4 is 11.1 Å². The third-order valence-electron chi connectivity index (χ3n) is 5.38. The van der Waals surface area contributed by atoms with Crippen LogP contribution in [0.1, 0.15) is 51.9 Å². The van der Waals surface area contributed by atoms with Crippen LogP contribution in [0.15, 0.2) is 36.4 Å². The van der Waals surface area contributed by atoms with Crippen molar-refractivity contribution in [1.82, 2.24) is 9.88 Å². The Kier molecular flexibility index (Phi) is 7.36. The molecule has 8 heteroatoms. The monoisotopic (exact) mass is 424 g/mol. The van der Waals surface area contributed by atoms with Gasteiger partial charge in [0.15, 0.2) is 0 Å². The quantitative estimate of drug-likeness (QED) is 0.660. The number of anilines is 1. The first kappa shape index (κ1) is 22.4. The summed E-state index contributed by atoms with van der Waals surface area (Å²) >= 11 is 0. The van der Waals surface area contributed by atoms with E-state index in [1.165, 1.54) is 6.07 Å². The normalized spacial score (nSPS) is 16.5. The molecule has 1 saturated heterocycles. The second kappa shape index (κ2) is 10.2. The molecule has 1 aliphatic rings. The lowest BCUT2D eigenvalue weighted by Gasteiger charge is -2.31. The zero-order valence-corrected chi connectivity index (χ0v) is 17.9. The highest BCUT2D eigenvalue weighted by Gasteiger charge is 2.24. The number of amides is 2. The number of ether oxygens (including phenoxy) is 1. The second-order valence-electron chi connectivity index (χ2n) is 7.64. The largest absolute Gasteiger partial charge is 0.462 e. The Hall–Kier alpha value is -3.26. The number of esters is 1. The topological polar surface area (TPSA) is 115 Å². The summed E-state index contributed by atoms with van der Waals surface area (Å²) in [6.45, 7) is 5.78. The van der Waals surface area contributed by atoms with Crippen molar-refractivity contribution in [1.29, 1.82) is 0 Å². The maximum Gasteiger partial charge on any atom is 0.339 e. The van der Waals surface area contributed by atoms with E-state index >= 15 is 0 Å². The molecule has 1 aromatic carbocycles. The van der Waals surface area contributed by atoms with E-state index in [9.17, 15) is 14.4 Å². The predicted octanol–water partition coefficient (Wildman–Crippen LogP) is 2.52. The lowest BCUT2D eigenvalue weighted by molar-refractivity contribution is -0.123. The highest BCUT2D eigenvalue weighted by atomic mass is 16.5. The molecule has 3 N–H and O–H groups in total. The summed E-state index contributed by atoms with van der Waals surface area (Å²) < 4.78 is 5.00. The Labute approximate surface area is 181 Å². The Morgan fingerprint density at radius 1 is 1.23 bits per heavy atom. The Morgan fingerprint density at radius 3 is 2.71 bits per heavy atom. The summed E-state index contributed by atoms with van der Waals surface area (Å²) in [6, 6.07) is 10.6. The second-order valence-corrected chi connectivity index (χ2v) is 7.64. The Balaban J connectivity index is 1.72. The number of aromatic nitrogens is 1. The van der Waals surface area contributed by atoms with E-state index in [1.807, 2.05) is 24.3 Å². The number of piperidine rings is 1. The summed E-state index contributed by atoms with van der Waals surface area (Å²) in [4.78, 5) is 42.7. The first-order chi connectivity index (χ1) is 14.9. The first-order valence-electron chi connectivity index (χ1n) is 10.4. The number of hydrogen-bond acceptors (Lipinski definition) is 6. The molecule has 0 spiro atoms. The fraction of sp³-hybridized carbons (Fsp3) is 0.391. The molecule has 8 nitrogen and oxygen atoms in total. The van der Waals surface area contributed by atoms with Crippen molar-refractivity contribution < 1.29 is 19.1 Å². The van der Waals surface area contributed by atoms with Crippen LogP contribution in [0.2, 0.25) is 0 Å². The number of likely N-dealkylation sites (tertiary alicyclic amines) is 1. The van der Waals surface area contributed by atoms with Crippen molar-refractivity contribution in [2.75, 3.05) is 25.0 Å². The third-order valence-corrected chi connectivity index (χ3v) is 5.38. The van der Waals surface area contributed by atoms with E-state index in [2.05, 4.69) is 15.2 Å². The fourth-order valence-electron chi connectivity index (χ4n) is 3.75. The molecule has 0 radical (unpaired) electrons. The van der Waals surface area contributed by atoms with Crippen LogP contribution in [0.5, 0.6) is 0 Å². The van der Waals surface area contributed by atoms with Gasteiger partial charge in [0.2, 0.25) is 5.91 Å². The van der Waals surface area contributed by atoms with Crippen LogP contribution in [0.3, 0.4) is 0 Å². The van der Waals surface area contributed by atoms with Crippen LogP contribution in [-0.4, -0.2) is 47.4 Å². The minimum absolute atomic E-state index is 0.138. The van der Waals surface area contributed by atoms with Gasteiger partial charge >= 0.3 is 5.97 Å². The molecule has 164 valence electrons. The average Bonchev–Trinajstić information content (AvgIpc) is 2.75. The summed E-state index contributed by atoms with van der Waals surface area (Å²) in [5.41, 5.74) is 8.10. The van der Waals surface area contributed by atoms with Gasteiger partial charge in [-0.05, 0) is 57.0 Å². The van der Waals surface area contributed by atoms with E-state index in [0.29, 0.717) is 30.0 Å². The molecule has 1 fully saturated rings. The first-order valence-corrected chi connectivity index (χ1v) is 10.4. The predicted molar refractivity (Wildman–Crippen MR) is 117 cm³/mol. The molecular formula is C23H28N4O4. The number of aryl methyl sites for hydroxylation is 1. The van der Waals surface area contributed by atoms with Crippen molar-refractivity contribution in [3.8, 4) is 0 Å². The smallest absolute Gasteiger partial charge is 0.339 e. The van der Waals surface area contributed by atoms with E-state index < -0.39 is 5.97 Å². The van der Waals surface area contributed by atoms with Gasteiger partial charge in [-0.3, -0.25) is 14.5 Å². The number of nitrogens with two attached hydrogens (primary N) is 1. The van der Waals surface area contributed by atoms with Crippen molar-refractivity contribution in [2.24, 2.45) is 11.7 Å². The van der Waals surface area contributed by atoms with Crippen molar-refractivity contribution >= 4 is 23.5 Å². The van der Waals surface area contributed by atoms with Crippen molar-refractivity contribution in [3.05, 3.63) is 58.9 Å². The van der Waals surface area contributed by atoms with E-state index in [4.69, 9.17) is 10.5 Å². The molecule has 1 atom stereocenters. The molecule has 31 heavy (non-hydrogen) atoms. The molecule has 0 aliphatic carbocycles. The Bertz CT molecular complexity index is 976. The van der Waals surface area contributed by atoms with Gasteiger partial charge in [0.05, 0.1) is 23.8 Å². The molecular weight excluding hydrogens is 396 g/mol. The van der Waals surface area contributed by atoms with Gasteiger partial charge in [-0.15, -0.1) is 0 Å². The van der Waals surface area contributed by atoms with E-state index in [1.54, 1.807) is 19.9 Å². The number of carbonyl (C=O) groups excluding carboxylic acids is 3. The highest BCUT2D eigenvalue weighted by molar-refractivity contribution is 6.03. The maximum absolute atomic E-state index is 12.8. The molecule has 1 aliphatic heterocycles. The van der Waals surface area contributed by atoms with E-state index in [-0.39, 0.29) is 30.0 Å². The highest BCUT2D eigenvalue weighted by Crippen LogP contribution is 2.23. The molecule has 0 saturated carbocycles. The van der Waals surface area contributed by atoms with E-state index in [0.717, 1.165) is 24.9 Å². The lowest BCUT2D eigenvalue weighted by Crippen LogP contribution is -2.40. The van der Waals surface area contributed by atoms with Gasteiger partial charge in [0.25, 0.3) is 5.91 Å². The van der Waals surface area contributed by atoms with Crippen molar-refractivity contribution in [2.45, 2.75) is 33.2 Å². The number of carbonyl (C=O) groups is 3. The lowest BCUT2D eigenvalue weighted by atomic mass is 9.97. The van der Waals surface area contributed by atoms with Gasteiger partial charge < -0.3 is 15.8 Å².